The highest BCUT2D eigenvalue weighted by Crippen LogP contribution is 2.34. The molecule has 2 N–H and O–H groups in total. The monoisotopic (exact) mass is 316 g/mol. The van der Waals surface area contributed by atoms with Gasteiger partial charge in [0.25, 0.3) is 0 Å². The molecule has 2 heterocycles. The number of aromatic nitrogens is 1. The Balaban J connectivity index is 1.56. The van der Waals surface area contributed by atoms with Gasteiger partial charge in [-0.1, -0.05) is 29.8 Å². The summed E-state index contributed by atoms with van der Waals surface area (Å²) in [5.41, 5.74) is 3.68. The van der Waals surface area contributed by atoms with E-state index in [4.69, 9.17) is 11.6 Å². The predicted octanol–water partition coefficient (Wildman–Crippen LogP) is 5.05. The Morgan fingerprint density at radius 3 is 3.10 bits per heavy atom. The number of rotatable bonds is 3. The lowest BCUT2D eigenvalue weighted by Gasteiger charge is -2.23. The zero-order chi connectivity index (χ0) is 14.2. The van der Waals surface area contributed by atoms with Crippen molar-refractivity contribution >= 4 is 33.8 Å². The second-order valence-electron chi connectivity index (χ2n) is 5.59. The molecule has 108 valence electrons. The Hall–Kier alpha value is -1.29. The van der Waals surface area contributed by atoms with Crippen molar-refractivity contribution in [3.63, 3.8) is 0 Å². The van der Waals surface area contributed by atoms with Crippen LogP contribution in [0, 0.1) is 0 Å². The second kappa shape index (κ2) is 5.48. The first kappa shape index (κ1) is 13.4. The van der Waals surface area contributed by atoms with E-state index in [1.54, 1.807) is 4.88 Å². The first-order valence-corrected chi connectivity index (χ1v) is 8.63. The third kappa shape index (κ3) is 2.39. The van der Waals surface area contributed by atoms with E-state index in [-0.39, 0.29) is 0 Å². The van der Waals surface area contributed by atoms with Crippen molar-refractivity contribution < 1.29 is 0 Å². The van der Waals surface area contributed by atoms with Gasteiger partial charge in [-0.2, -0.15) is 0 Å². The number of H-pyrrole nitrogens is 1. The lowest BCUT2D eigenvalue weighted by molar-refractivity contribution is 0.461. The van der Waals surface area contributed by atoms with Crippen LogP contribution in [0.1, 0.15) is 35.0 Å². The summed E-state index contributed by atoms with van der Waals surface area (Å²) in [5, 5.41) is 7.84. The predicted molar refractivity (Wildman–Crippen MR) is 90.1 cm³/mol. The van der Waals surface area contributed by atoms with Gasteiger partial charge in [0.15, 0.2) is 0 Å². The van der Waals surface area contributed by atoms with Crippen LogP contribution in [0.25, 0.3) is 10.9 Å². The maximum Gasteiger partial charge on any atom is 0.0705 e. The molecule has 1 atom stereocenters. The fourth-order valence-corrected chi connectivity index (χ4v) is 4.48. The molecule has 21 heavy (non-hydrogen) atoms. The van der Waals surface area contributed by atoms with Crippen LogP contribution >= 0.6 is 22.9 Å². The lowest BCUT2D eigenvalue weighted by Crippen LogP contribution is -2.24. The standard InChI is InChI=1S/C17H17ClN2S/c18-17-12-4-1-2-5-14(12)20-15(17)10-19-13-6-3-7-16-11(13)8-9-21-16/h1-2,4-5,8-9,13,19-20H,3,6-7,10H2. The third-order valence-electron chi connectivity index (χ3n) is 4.29. The number of thiophene rings is 1. The zero-order valence-electron chi connectivity index (χ0n) is 11.7. The number of fused-ring (bicyclic) bond motifs is 2. The fourth-order valence-electron chi connectivity index (χ4n) is 3.21. The Morgan fingerprint density at radius 2 is 2.19 bits per heavy atom. The van der Waals surface area contributed by atoms with E-state index in [9.17, 15) is 0 Å². The van der Waals surface area contributed by atoms with E-state index in [0.29, 0.717) is 6.04 Å². The minimum Gasteiger partial charge on any atom is -0.356 e. The van der Waals surface area contributed by atoms with E-state index in [2.05, 4.69) is 33.9 Å². The molecule has 2 aromatic heterocycles. The summed E-state index contributed by atoms with van der Waals surface area (Å²) >= 11 is 8.37. The summed E-state index contributed by atoms with van der Waals surface area (Å²) in [6.07, 6.45) is 3.71. The quantitative estimate of drug-likeness (QED) is 0.695. The van der Waals surface area contributed by atoms with Gasteiger partial charge >= 0.3 is 0 Å². The highest BCUT2D eigenvalue weighted by molar-refractivity contribution is 7.10. The topological polar surface area (TPSA) is 27.8 Å². The molecule has 0 saturated heterocycles. The summed E-state index contributed by atoms with van der Waals surface area (Å²) in [4.78, 5) is 4.97. The summed E-state index contributed by atoms with van der Waals surface area (Å²) in [5.74, 6) is 0. The number of benzene rings is 1. The maximum absolute atomic E-state index is 6.48. The van der Waals surface area contributed by atoms with Crippen LogP contribution in [0.3, 0.4) is 0 Å². The van der Waals surface area contributed by atoms with Gasteiger partial charge in [-0.3, -0.25) is 0 Å². The van der Waals surface area contributed by atoms with Crippen molar-refractivity contribution in [2.75, 3.05) is 0 Å². The highest BCUT2D eigenvalue weighted by Gasteiger charge is 2.21. The molecule has 0 spiro atoms. The molecule has 0 saturated carbocycles. The number of hydrogen-bond acceptors (Lipinski definition) is 2. The van der Waals surface area contributed by atoms with Gasteiger partial charge in [0.1, 0.15) is 0 Å². The summed E-state index contributed by atoms with van der Waals surface area (Å²) in [7, 11) is 0. The number of nitrogens with one attached hydrogen (secondary N) is 2. The summed E-state index contributed by atoms with van der Waals surface area (Å²) < 4.78 is 0. The molecule has 0 aliphatic heterocycles. The molecule has 1 unspecified atom stereocenters. The van der Waals surface area contributed by atoms with Gasteiger partial charge in [-0.25, -0.2) is 0 Å². The third-order valence-corrected chi connectivity index (χ3v) is 5.72. The van der Waals surface area contributed by atoms with Crippen molar-refractivity contribution in [2.24, 2.45) is 0 Å². The van der Waals surface area contributed by atoms with E-state index in [1.807, 2.05) is 23.5 Å². The number of aryl methyl sites for hydroxylation is 1. The molecule has 0 amide bonds. The van der Waals surface area contributed by atoms with Crippen molar-refractivity contribution in [2.45, 2.75) is 31.8 Å². The average Bonchev–Trinajstić information content (AvgIpc) is 3.11. The molecule has 4 heteroatoms. The number of hydrogen-bond donors (Lipinski definition) is 2. The molecule has 4 rings (SSSR count). The van der Waals surface area contributed by atoms with Gasteiger partial charge in [-0.05, 0) is 42.3 Å². The van der Waals surface area contributed by atoms with Gasteiger partial charge in [0.05, 0.1) is 5.02 Å². The molecular formula is C17H17ClN2S. The number of halogens is 1. The van der Waals surface area contributed by atoms with E-state index >= 15 is 0 Å². The highest BCUT2D eigenvalue weighted by atomic mass is 35.5. The minimum atomic E-state index is 0.461. The fraction of sp³-hybridized carbons (Fsp3) is 0.294. The van der Waals surface area contributed by atoms with Crippen LogP contribution in [0.2, 0.25) is 5.02 Å². The van der Waals surface area contributed by atoms with Crippen molar-refractivity contribution in [3.8, 4) is 0 Å². The van der Waals surface area contributed by atoms with Gasteiger partial charge in [-0.15, -0.1) is 11.3 Å². The van der Waals surface area contributed by atoms with Crippen LogP contribution in [-0.4, -0.2) is 4.98 Å². The molecular weight excluding hydrogens is 300 g/mol. The maximum atomic E-state index is 6.48. The normalized spacial score (nSPS) is 18.0. The van der Waals surface area contributed by atoms with Crippen LogP contribution in [0.15, 0.2) is 35.7 Å². The Labute approximate surface area is 133 Å². The van der Waals surface area contributed by atoms with Crippen molar-refractivity contribution in [1.82, 2.24) is 10.3 Å². The van der Waals surface area contributed by atoms with E-state index in [1.165, 1.54) is 24.8 Å². The molecule has 1 aromatic carbocycles. The van der Waals surface area contributed by atoms with Gasteiger partial charge in [0.2, 0.25) is 0 Å². The zero-order valence-corrected chi connectivity index (χ0v) is 13.2. The molecule has 0 bridgehead atoms. The minimum absolute atomic E-state index is 0.461. The second-order valence-corrected chi connectivity index (χ2v) is 6.97. The van der Waals surface area contributed by atoms with Crippen LogP contribution in [0.4, 0.5) is 0 Å². The van der Waals surface area contributed by atoms with Crippen LogP contribution < -0.4 is 5.32 Å². The largest absolute Gasteiger partial charge is 0.356 e. The molecule has 2 nitrogen and oxygen atoms in total. The smallest absolute Gasteiger partial charge is 0.0705 e. The lowest BCUT2D eigenvalue weighted by atomic mass is 9.94. The van der Waals surface area contributed by atoms with Crippen molar-refractivity contribution in [3.05, 3.63) is 56.9 Å². The molecule has 3 aromatic rings. The molecule has 0 radical (unpaired) electrons. The van der Waals surface area contributed by atoms with E-state index < -0.39 is 0 Å². The van der Waals surface area contributed by atoms with Crippen LogP contribution in [0.5, 0.6) is 0 Å². The van der Waals surface area contributed by atoms with Gasteiger partial charge < -0.3 is 10.3 Å². The van der Waals surface area contributed by atoms with E-state index in [0.717, 1.165) is 28.2 Å². The Morgan fingerprint density at radius 1 is 1.29 bits per heavy atom. The van der Waals surface area contributed by atoms with Crippen molar-refractivity contribution in [1.29, 1.82) is 0 Å². The first-order valence-electron chi connectivity index (χ1n) is 7.37. The summed E-state index contributed by atoms with van der Waals surface area (Å²) in [6, 6.07) is 10.9. The molecule has 0 fully saturated rings. The Bertz CT molecular complexity index is 774. The number of para-hydroxylation sites is 1. The van der Waals surface area contributed by atoms with Crippen LogP contribution in [-0.2, 0) is 13.0 Å². The molecule has 1 aliphatic carbocycles. The number of aromatic amines is 1. The molecule has 1 aliphatic rings. The Kier molecular flexibility index (Phi) is 3.49. The van der Waals surface area contributed by atoms with Gasteiger partial charge in [0, 0.05) is 34.1 Å². The average molecular weight is 317 g/mol. The SMILES string of the molecule is Clc1c(CNC2CCCc3sccc32)[nH]c2ccccc12. The summed E-state index contributed by atoms with van der Waals surface area (Å²) in [6.45, 7) is 0.785. The first-order chi connectivity index (χ1) is 10.3.